The highest BCUT2D eigenvalue weighted by Crippen LogP contribution is 2.23. The molecule has 154 valence electrons. The Morgan fingerprint density at radius 2 is 1.57 bits per heavy atom. The molecule has 0 aliphatic heterocycles. The van der Waals surface area contributed by atoms with Crippen LogP contribution < -0.4 is 4.74 Å². The van der Waals surface area contributed by atoms with E-state index in [0.29, 0.717) is 17.9 Å². The Balaban J connectivity index is 2.55. The lowest BCUT2D eigenvalue weighted by atomic mass is 9.99. The number of carbonyl (C=O) groups is 1. The number of Topliss-reactive ketones (excluding diaryl/α,β-unsaturated/α-hetero) is 1. The Morgan fingerprint density at radius 1 is 0.964 bits per heavy atom. The van der Waals surface area contributed by atoms with Gasteiger partial charge >= 0.3 is 0 Å². The van der Waals surface area contributed by atoms with Gasteiger partial charge in [-0.25, -0.2) is 0 Å². The Hall–Kier alpha value is -2.09. The maximum absolute atomic E-state index is 12.4. The summed E-state index contributed by atoms with van der Waals surface area (Å²) in [6, 6.07) is 5.81. The molecule has 0 fully saturated rings. The lowest BCUT2D eigenvalue weighted by molar-refractivity contribution is 0.0936. The van der Waals surface area contributed by atoms with Crippen molar-refractivity contribution in [3.8, 4) is 5.75 Å². The molecule has 1 aromatic carbocycles. The molecule has 0 amide bonds. The second-order valence-corrected chi connectivity index (χ2v) is 8.29. The van der Waals surface area contributed by atoms with Gasteiger partial charge in [-0.2, -0.15) is 0 Å². The number of ketones is 1. The van der Waals surface area contributed by atoms with Crippen LogP contribution >= 0.6 is 0 Å². The molecule has 0 saturated carbocycles. The second kappa shape index (κ2) is 12.4. The van der Waals surface area contributed by atoms with Gasteiger partial charge in [0.1, 0.15) is 12.4 Å². The number of hydrogen-bond donors (Lipinski definition) is 0. The summed E-state index contributed by atoms with van der Waals surface area (Å²) in [7, 11) is 0. The maximum Gasteiger partial charge on any atom is 0.169 e. The first-order valence-electron chi connectivity index (χ1n) is 10.4. The number of rotatable bonds is 11. The molecule has 0 aliphatic rings. The van der Waals surface area contributed by atoms with E-state index in [4.69, 9.17) is 4.74 Å². The second-order valence-electron chi connectivity index (χ2n) is 8.29. The van der Waals surface area contributed by atoms with E-state index in [9.17, 15) is 4.79 Å². The van der Waals surface area contributed by atoms with E-state index in [2.05, 4.69) is 45.9 Å². The monoisotopic (exact) mass is 382 g/mol. The molecule has 0 saturated heterocycles. The van der Waals surface area contributed by atoms with Crippen molar-refractivity contribution in [2.45, 2.75) is 74.1 Å². The third kappa shape index (κ3) is 9.21. The average molecular weight is 383 g/mol. The SMILES string of the molecule is CC(C)=CCC/C(C)=C/CC/C(C)=C/COc1cc(C)ccc1C(=O)C(C)C. The summed E-state index contributed by atoms with van der Waals surface area (Å²) < 4.78 is 5.94. The van der Waals surface area contributed by atoms with E-state index in [-0.39, 0.29) is 11.7 Å². The summed E-state index contributed by atoms with van der Waals surface area (Å²) >= 11 is 0. The van der Waals surface area contributed by atoms with Gasteiger partial charge in [-0.3, -0.25) is 4.79 Å². The topological polar surface area (TPSA) is 26.3 Å². The third-order valence-electron chi connectivity index (χ3n) is 4.72. The van der Waals surface area contributed by atoms with Gasteiger partial charge in [-0.05, 0) is 84.1 Å². The van der Waals surface area contributed by atoms with Crippen molar-refractivity contribution in [2.75, 3.05) is 6.61 Å². The quantitative estimate of drug-likeness (QED) is 0.290. The highest BCUT2D eigenvalue weighted by atomic mass is 16.5. The molecule has 0 aromatic heterocycles. The minimum absolute atomic E-state index is 0.0332. The minimum atomic E-state index is -0.0332. The number of ether oxygens (including phenoxy) is 1. The van der Waals surface area contributed by atoms with Crippen molar-refractivity contribution in [3.05, 3.63) is 64.3 Å². The zero-order valence-electron chi connectivity index (χ0n) is 18.9. The van der Waals surface area contributed by atoms with Gasteiger partial charge in [0.05, 0.1) is 5.56 Å². The molecule has 0 bridgehead atoms. The predicted molar refractivity (Wildman–Crippen MR) is 121 cm³/mol. The van der Waals surface area contributed by atoms with Crippen LogP contribution in [0, 0.1) is 12.8 Å². The zero-order valence-corrected chi connectivity index (χ0v) is 18.9. The Bertz CT molecular complexity index is 729. The minimum Gasteiger partial charge on any atom is -0.489 e. The van der Waals surface area contributed by atoms with E-state index in [1.54, 1.807) is 0 Å². The number of carbonyl (C=O) groups excluding carboxylic acids is 1. The van der Waals surface area contributed by atoms with Crippen LogP contribution in [0.5, 0.6) is 5.75 Å². The smallest absolute Gasteiger partial charge is 0.169 e. The highest BCUT2D eigenvalue weighted by Gasteiger charge is 2.15. The van der Waals surface area contributed by atoms with Gasteiger partial charge < -0.3 is 4.74 Å². The summed E-state index contributed by atoms with van der Waals surface area (Å²) in [5, 5.41) is 0. The van der Waals surface area contributed by atoms with E-state index < -0.39 is 0 Å². The Morgan fingerprint density at radius 3 is 2.18 bits per heavy atom. The fraction of sp³-hybridized carbons (Fsp3) is 0.500. The normalized spacial score (nSPS) is 12.3. The molecule has 0 spiro atoms. The molecule has 28 heavy (non-hydrogen) atoms. The number of hydrogen-bond acceptors (Lipinski definition) is 2. The van der Waals surface area contributed by atoms with Crippen molar-refractivity contribution < 1.29 is 9.53 Å². The van der Waals surface area contributed by atoms with Crippen molar-refractivity contribution >= 4 is 5.78 Å². The van der Waals surface area contributed by atoms with Gasteiger partial charge in [0, 0.05) is 5.92 Å². The third-order valence-corrected chi connectivity index (χ3v) is 4.72. The summed E-state index contributed by atoms with van der Waals surface area (Å²) in [6.45, 7) is 15.0. The number of benzene rings is 1. The molecule has 2 heteroatoms. The van der Waals surface area contributed by atoms with E-state index >= 15 is 0 Å². The van der Waals surface area contributed by atoms with E-state index in [0.717, 1.165) is 31.2 Å². The van der Waals surface area contributed by atoms with Gasteiger partial charge in [0.15, 0.2) is 5.78 Å². The molecule has 0 radical (unpaired) electrons. The van der Waals surface area contributed by atoms with Crippen LogP contribution in [0.4, 0.5) is 0 Å². The average Bonchev–Trinajstić information content (AvgIpc) is 2.61. The lowest BCUT2D eigenvalue weighted by Crippen LogP contribution is -2.10. The molecule has 0 aliphatic carbocycles. The van der Waals surface area contributed by atoms with E-state index in [1.807, 2.05) is 39.0 Å². The molecule has 0 unspecified atom stereocenters. The summed E-state index contributed by atoms with van der Waals surface area (Å²) in [4.78, 5) is 12.4. The maximum atomic E-state index is 12.4. The highest BCUT2D eigenvalue weighted by molar-refractivity contribution is 6.00. The van der Waals surface area contributed by atoms with Crippen molar-refractivity contribution in [1.82, 2.24) is 0 Å². The fourth-order valence-corrected chi connectivity index (χ4v) is 2.88. The number of allylic oxidation sites excluding steroid dienone is 5. The molecule has 0 atom stereocenters. The molecule has 1 aromatic rings. The molecule has 0 heterocycles. The Kier molecular flexibility index (Phi) is 10.6. The standard InChI is InChI=1S/C26H38O2/c1-19(2)10-8-11-21(5)12-9-13-22(6)16-17-28-25-18-23(7)14-15-24(25)26(27)20(3)4/h10,12,14-16,18,20H,8-9,11,13,17H2,1-7H3/b21-12+,22-16+. The molecule has 0 N–H and O–H groups in total. The van der Waals surface area contributed by atoms with Crippen LogP contribution in [0.25, 0.3) is 0 Å². The Labute approximate surface area is 172 Å². The van der Waals surface area contributed by atoms with E-state index in [1.165, 1.54) is 16.7 Å². The molecule has 2 nitrogen and oxygen atoms in total. The van der Waals surface area contributed by atoms with Crippen LogP contribution in [0.3, 0.4) is 0 Å². The van der Waals surface area contributed by atoms with Crippen LogP contribution in [-0.4, -0.2) is 12.4 Å². The van der Waals surface area contributed by atoms with Crippen LogP contribution in [0.15, 0.2) is 53.1 Å². The fourth-order valence-electron chi connectivity index (χ4n) is 2.88. The van der Waals surface area contributed by atoms with Gasteiger partial charge in [-0.15, -0.1) is 0 Å². The van der Waals surface area contributed by atoms with Crippen molar-refractivity contribution in [2.24, 2.45) is 5.92 Å². The first-order valence-corrected chi connectivity index (χ1v) is 10.4. The first kappa shape index (κ1) is 23.9. The molecular formula is C26H38O2. The van der Waals surface area contributed by atoms with Crippen molar-refractivity contribution in [3.63, 3.8) is 0 Å². The van der Waals surface area contributed by atoms with Gasteiger partial charge in [0.2, 0.25) is 0 Å². The summed E-state index contributed by atoms with van der Waals surface area (Å²) in [6.07, 6.45) is 11.1. The van der Waals surface area contributed by atoms with Crippen LogP contribution in [-0.2, 0) is 0 Å². The zero-order chi connectivity index (χ0) is 21.1. The largest absolute Gasteiger partial charge is 0.489 e. The summed E-state index contributed by atoms with van der Waals surface area (Å²) in [5.74, 6) is 0.788. The molecule has 1 rings (SSSR count). The van der Waals surface area contributed by atoms with Gasteiger partial charge in [0.25, 0.3) is 0 Å². The lowest BCUT2D eigenvalue weighted by Gasteiger charge is -2.12. The number of aryl methyl sites for hydroxylation is 1. The predicted octanol–water partition coefficient (Wildman–Crippen LogP) is 7.63. The van der Waals surface area contributed by atoms with Gasteiger partial charge in [-0.1, -0.05) is 48.8 Å². The molecular weight excluding hydrogens is 344 g/mol. The van der Waals surface area contributed by atoms with Crippen LogP contribution in [0.2, 0.25) is 0 Å². The summed E-state index contributed by atoms with van der Waals surface area (Å²) in [5.41, 5.74) is 5.95. The van der Waals surface area contributed by atoms with Crippen molar-refractivity contribution in [1.29, 1.82) is 0 Å². The van der Waals surface area contributed by atoms with Crippen LogP contribution in [0.1, 0.15) is 83.1 Å². The first-order chi connectivity index (χ1) is 13.2.